The molecule has 3 heterocycles. The number of fused-ring (bicyclic) bond motifs is 2. The van der Waals surface area contributed by atoms with Gasteiger partial charge < -0.3 is 15.0 Å². The minimum Gasteiger partial charge on any atom is -0.485 e. The molecule has 2 aliphatic heterocycles. The second kappa shape index (κ2) is 8.56. The zero-order chi connectivity index (χ0) is 25.0. The van der Waals surface area contributed by atoms with Crippen LogP contribution in [0.25, 0.3) is 22.2 Å². The van der Waals surface area contributed by atoms with Crippen LogP contribution in [-0.2, 0) is 6.42 Å². The second-order valence-corrected chi connectivity index (χ2v) is 10.8. The smallest absolute Gasteiger partial charge is 0.127 e. The molecule has 1 atom stereocenters. The summed E-state index contributed by atoms with van der Waals surface area (Å²) in [5, 5.41) is 1.32. The van der Waals surface area contributed by atoms with Crippen LogP contribution in [0.2, 0.25) is 0 Å². The molecule has 6 rings (SSSR count). The Kier molecular flexibility index (Phi) is 5.45. The Morgan fingerprint density at radius 1 is 0.944 bits per heavy atom. The van der Waals surface area contributed by atoms with E-state index in [9.17, 15) is 0 Å². The van der Waals surface area contributed by atoms with Gasteiger partial charge in [-0.15, -0.1) is 0 Å². The lowest BCUT2D eigenvalue weighted by Crippen LogP contribution is -2.45. The van der Waals surface area contributed by atoms with Crippen molar-refractivity contribution in [1.29, 1.82) is 0 Å². The molecule has 36 heavy (non-hydrogen) atoms. The molecule has 2 N–H and O–H groups in total. The second-order valence-electron chi connectivity index (χ2n) is 10.8. The van der Waals surface area contributed by atoms with E-state index in [1.165, 1.54) is 44.4 Å². The van der Waals surface area contributed by atoms with Crippen LogP contribution < -0.4 is 10.5 Å². The Balaban J connectivity index is 1.24. The van der Waals surface area contributed by atoms with E-state index in [2.05, 4.69) is 104 Å². The van der Waals surface area contributed by atoms with Gasteiger partial charge in [0.1, 0.15) is 11.4 Å². The molecule has 4 heteroatoms. The molecule has 0 amide bonds. The van der Waals surface area contributed by atoms with Crippen LogP contribution in [0.1, 0.15) is 41.2 Å². The molecule has 4 aromatic rings. The van der Waals surface area contributed by atoms with Crippen molar-refractivity contribution in [3.05, 3.63) is 94.7 Å². The third-order valence-electron chi connectivity index (χ3n) is 8.28. The summed E-state index contributed by atoms with van der Waals surface area (Å²) in [6.45, 7) is 11.5. The first kappa shape index (κ1) is 22.9. The number of benzene rings is 3. The fourth-order valence-corrected chi connectivity index (χ4v) is 6.12. The molecule has 184 valence electrons. The lowest BCUT2D eigenvalue weighted by Gasteiger charge is -2.34. The van der Waals surface area contributed by atoms with E-state index < -0.39 is 0 Å². The van der Waals surface area contributed by atoms with Crippen LogP contribution in [-0.4, -0.2) is 34.7 Å². The van der Waals surface area contributed by atoms with Gasteiger partial charge in [-0.25, -0.2) is 0 Å². The molecule has 0 bridgehead atoms. The summed E-state index contributed by atoms with van der Waals surface area (Å²) >= 11 is 0. The number of ether oxygens (including phenoxy) is 1. The Morgan fingerprint density at radius 2 is 1.69 bits per heavy atom. The maximum Gasteiger partial charge on any atom is 0.127 e. The predicted octanol–water partition coefficient (Wildman–Crippen LogP) is 6.62. The van der Waals surface area contributed by atoms with Gasteiger partial charge in [-0.2, -0.15) is 0 Å². The first-order chi connectivity index (χ1) is 17.3. The third kappa shape index (κ3) is 3.72. The average Bonchev–Trinajstić information content (AvgIpc) is 3.46. The number of para-hydroxylation sites is 2. The minimum atomic E-state index is -0.229. The van der Waals surface area contributed by atoms with Crippen molar-refractivity contribution in [2.24, 2.45) is 0 Å². The fraction of sp³-hybridized carbons (Fsp3) is 0.312. The highest BCUT2D eigenvalue weighted by Crippen LogP contribution is 2.44. The van der Waals surface area contributed by atoms with Crippen molar-refractivity contribution < 1.29 is 4.74 Å². The van der Waals surface area contributed by atoms with E-state index in [4.69, 9.17) is 10.5 Å². The van der Waals surface area contributed by atoms with Gasteiger partial charge in [0.2, 0.25) is 0 Å². The van der Waals surface area contributed by atoms with Crippen molar-refractivity contribution in [3.8, 4) is 11.4 Å². The van der Waals surface area contributed by atoms with Gasteiger partial charge in [0.25, 0.3) is 0 Å². The van der Waals surface area contributed by atoms with Crippen LogP contribution in [0.15, 0.2) is 66.9 Å². The maximum absolute atomic E-state index is 6.64. The maximum atomic E-state index is 6.64. The Morgan fingerprint density at radius 3 is 2.44 bits per heavy atom. The van der Waals surface area contributed by atoms with Crippen molar-refractivity contribution in [2.75, 3.05) is 25.4 Å². The highest BCUT2D eigenvalue weighted by molar-refractivity contribution is 5.94. The van der Waals surface area contributed by atoms with Crippen molar-refractivity contribution >= 4 is 22.2 Å². The molecule has 0 aliphatic carbocycles. The van der Waals surface area contributed by atoms with Crippen LogP contribution in [0.5, 0.6) is 5.75 Å². The van der Waals surface area contributed by atoms with Crippen LogP contribution >= 0.6 is 0 Å². The molecule has 0 saturated heterocycles. The first-order valence-electron chi connectivity index (χ1n) is 13.0. The number of rotatable bonds is 4. The van der Waals surface area contributed by atoms with Gasteiger partial charge in [0, 0.05) is 60.1 Å². The monoisotopic (exact) mass is 477 g/mol. The SMILES string of the molecule is Cc1c(C)c2c(c(C)c1N)CC(C)(CN1CC=C(c3cn(-c4ccccc4)c4ccccc34)CC1)O2. The number of hydrogen-bond acceptors (Lipinski definition) is 3. The summed E-state index contributed by atoms with van der Waals surface area (Å²) < 4.78 is 8.97. The molecule has 0 fully saturated rings. The quantitative estimate of drug-likeness (QED) is 0.336. The van der Waals surface area contributed by atoms with Gasteiger partial charge >= 0.3 is 0 Å². The number of nitrogens with zero attached hydrogens (tertiary/aromatic N) is 2. The highest BCUT2D eigenvalue weighted by atomic mass is 16.5. The summed E-state index contributed by atoms with van der Waals surface area (Å²) in [6, 6.07) is 19.4. The average molecular weight is 478 g/mol. The van der Waals surface area contributed by atoms with Crippen LogP contribution in [0.4, 0.5) is 5.69 Å². The van der Waals surface area contributed by atoms with Gasteiger partial charge in [-0.05, 0) is 74.6 Å². The number of aromatic nitrogens is 1. The highest BCUT2D eigenvalue weighted by Gasteiger charge is 2.39. The summed E-state index contributed by atoms with van der Waals surface area (Å²) in [5.74, 6) is 1.06. The number of anilines is 1. The number of hydrogen-bond donors (Lipinski definition) is 1. The predicted molar refractivity (Wildman–Crippen MR) is 150 cm³/mol. The van der Waals surface area contributed by atoms with Crippen LogP contribution in [0.3, 0.4) is 0 Å². The molecule has 0 radical (unpaired) electrons. The number of nitrogens with two attached hydrogens (primary N) is 1. The van der Waals surface area contributed by atoms with Gasteiger partial charge in [-0.3, -0.25) is 4.90 Å². The minimum absolute atomic E-state index is 0.229. The lowest BCUT2D eigenvalue weighted by atomic mass is 9.91. The Bertz CT molecular complexity index is 1460. The first-order valence-corrected chi connectivity index (χ1v) is 13.0. The third-order valence-corrected chi connectivity index (χ3v) is 8.28. The van der Waals surface area contributed by atoms with Gasteiger partial charge in [0.15, 0.2) is 0 Å². The topological polar surface area (TPSA) is 43.4 Å². The van der Waals surface area contributed by atoms with E-state index in [0.717, 1.165) is 49.5 Å². The Labute approximate surface area is 214 Å². The molecule has 3 aromatic carbocycles. The molecule has 0 spiro atoms. The molecule has 1 aromatic heterocycles. The van der Waals surface area contributed by atoms with E-state index in [1.807, 2.05) is 0 Å². The molecule has 0 saturated carbocycles. The zero-order valence-electron chi connectivity index (χ0n) is 21.8. The van der Waals surface area contributed by atoms with Crippen molar-refractivity contribution in [2.45, 2.75) is 46.1 Å². The van der Waals surface area contributed by atoms with E-state index in [-0.39, 0.29) is 5.60 Å². The molecule has 1 unspecified atom stereocenters. The molecular formula is C32H35N3O. The van der Waals surface area contributed by atoms with Crippen LogP contribution in [0, 0.1) is 20.8 Å². The summed E-state index contributed by atoms with van der Waals surface area (Å²) in [5.41, 5.74) is 17.1. The van der Waals surface area contributed by atoms with Gasteiger partial charge in [-0.1, -0.05) is 42.5 Å². The fourth-order valence-electron chi connectivity index (χ4n) is 6.12. The summed E-state index contributed by atoms with van der Waals surface area (Å²) in [4.78, 5) is 2.53. The van der Waals surface area contributed by atoms with E-state index in [1.54, 1.807) is 0 Å². The Hall–Kier alpha value is -3.50. The van der Waals surface area contributed by atoms with Crippen molar-refractivity contribution in [3.63, 3.8) is 0 Å². The van der Waals surface area contributed by atoms with E-state index >= 15 is 0 Å². The summed E-state index contributed by atoms with van der Waals surface area (Å²) in [7, 11) is 0. The van der Waals surface area contributed by atoms with Gasteiger partial charge in [0.05, 0.1) is 5.52 Å². The standard InChI is InChI=1S/C32H35N3O/c1-21-22(2)31-27(23(3)30(21)33)18-32(4,36-31)20-34-16-14-24(15-17-34)28-19-35(25-10-6-5-7-11-25)29-13-9-8-12-26(28)29/h5-14,19H,15-18,20,33H2,1-4H3. The van der Waals surface area contributed by atoms with E-state index in [0.29, 0.717) is 0 Å². The normalized spacial score (nSPS) is 19.8. The number of nitrogen functional groups attached to an aromatic ring is 1. The molecule has 4 nitrogen and oxygen atoms in total. The zero-order valence-corrected chi connectivity index (χ0v) is 21.8. The molecular weight excluding hydrogens is 442 g/mol. The largest absolute Gasteiger partial charge is 0.485 e. The van der Waals surface area contributed by atoms with Crippen molar-refractivity contribution in [1.82, 2.24) is 9.47 Å². The lowest BCUT2D eigenvalue weighted by molar-refractivity contribution is 0.0670. The molecule has 2 aliphatic rings. The summed E-state index contributed by atoms with van der Waals surface area (Å²) in [6.07, 6.45) is 6.69.